The van der Waals surface area contributed by atoms with Gasteiger partial charge in [0, 0.05) is 51.4 Å². The van der Waals surface area contributed by atoms with Crippen molar-refractivity contribution in [3.63, 3.8) is 0 Å². The number of amides is 1. The Kier molecular flexibility index (Phi) is 5.73. The van der Waals surface area contributed by atoms with E-state index in [-0.39, 0.29) is 5.91 Å². The van der Waals surface area contributed by atoms with Crippen LogP contribution in [0, 0.1) is 0 Å². The number of nitrogens with zero attached hydrogens (tertiary/aromatic N) is 3. The van der Waals surface area contributed by atoms with Crippen LogP contribution in [0.3, 0.4) is 0 Å². The largest absolute Gasteiger partial charge is 0.378 e. The van der Waals surface area contributed by atoms with Crippen LogP contribution < -0.4 is 0 Å². The summed E-state index contributed by atoms with van der Waals surface area (Å²) in [7, 11) is -3.11. The Hall–Kier alpha value is -1.48. The van der Waals surface area contributed by atoms with Gasteiger partial charge in [0.25, 0.3) is 5.91 Å². The molecule has 3 rings (SSSR count). The zero-order valence-corrected chi connectivity index (χ0v) is 15.4. The fraction of sp³-hybridized carbons (Fsp3) is 0.588. The van der Waals surface area contributed by atoms with Crippen molar-refractivity contribution in [1.29, 1.82) is 0 Å². The summed E-state index contributed by atoms with van der Waals surface area (Å²) in [5.74, 6) is 0.0482. The van der Waals surface area contributed by atoms with E-state index in [0.29, 0.717) is 58.0 Å². The molecule has 2 saturated heterocycles. The monoisotopic (exact) mass is 367 g/mol. The number of carbonyl (C=O) groups is 1. The van der Waals surface area contributed by atoms with E-state index in [1.165, 1.54) is 10.6 Å². The van der Waals surface area contributed by atoms with Crippen molar-refractivity contribution in [2.24, 2.45) is 0 Å². The Morgan fingerprint density at radius 2 is 1.76 bits per heavy atom. The van der Waals surface area contributed by atoms with Gasteiger partial charge in [0.05, 0.1) is 19.5 Å². The Balaban J connectivity index is 1.60. The molecule has 0 aromatic heterocycles. The number of ether oxygens (including phenoxy) is 1. The highest BCUT2D eigenvalue weighted by Gasteiger charge is 2.24. The summed E-state index contributed by atoms with van der Waals surface area (Å²) in [5, 5.41) is 0. The summed E-state index contributed by atoms with van der Waals surface area (Å²) < 4.78 is 30.0. The first-order valence-corrected chi connectivity index (χ1v) is 10.4. The third kappa shape index (κ3) is 4.78. The van der Waals surface area contributed by atoms with Crippen molar-refractivity contribution in [2.75, 3.05) is 58.7 Å². The molecule has 0 radical (unpaired) electrons. The molecular weight excluding hydrogens is 342 g/mol. The van der Waals surface area contributed by atoms with Crippen molar-refractivity contribution >= 4 is 15.9 Å². The van der Waals surface area contributed by atoms with Crippen molar-refractivity contribution in [2.45, 2.75) is 6.54 Å². The molecule has 2 aliphatic rings. The normalized spacial score (nSPS) is 20.6. The average molecular weight is 367 g/mol. The minimum absolute atomic E-state index is 0.0482. The minimum Gasteiger partial charge on any atom is -0.378 e. The molecule has 1 amide bonds. The first-order valence-electron chi connectivity index (χ1n) is 8.57. The number of morpholine rings is 1. The first kappa shape index (κ1) is 18.3. The lowest BCUT2D eigenvalue weighted by atomic mass is 10.1. The first-order chi connectivity index (χ1) is 11.9. The lowest BCUT2D eigenvalue weighted by Crippen LogP contribution is -2.47. The third-order valence-corrected chi connectivity index (χ3v) is 5.98. The van der Waals surface area contributed by atoms with Gasteiger partial charge >= 0.3 is 0 Å². The zero-order valence-electron chi connectivity index (χ0n) is 14.6. The van der Waals surface area contributed by atoms with Crippen LogP contribution in [0.1, 0.15) is 15.9 Å². The summed E-state index contributed by atoms with van der Waals surface area (Å²) in [6.45, 7) is 5.63. The van der Waals surface area contributed by atoms with E-state index in [2.05, 4.69) is 4.90 Å². The highest BCUT2D eigenvalue weighted by Crippen LogP contribution is 2.14. The van der Waals surface area contributed by atoms with Gasteiger partial charge < -0.3 is 9.64 Å². The van der Waals surface area contributed by atoms with Gasteiger partial charge in [-0.15, -0.1) is 0 Å². The molecule has 2 heterocycles. The molecule has 1 aromatic rings. The van der Waals surface area contributed by atoms with E-state index in [1.54, 1.807) is 0 Å². The molecule has 0 aliphatic carbocycles. The Labute approximate surface area is 149 Å². The Morgan fingerprint density at radius 3 is 2.40 bits per heavy atom. The summed E-state index contributed by atoms with van der Waals surface area (Å²) in [4.78, 5) is 16.6. The lowest BCUT2D eigenvalue weighted by Gasteiger charge is -2.33. The van der Waals surface area contributed by atoms with Crippen molar-refractivity contribution in [3.8, 4) is 0 Å². The molecule has 0 N–H and O–H groups in total. The van der Waals surface area contributed by atoms with Gasteiger partial charge in [-0.2, -0.15) is 4.31 Å². The van der Waals surface area contributed by atoms with Gasteiger partial charge in [-0.25, -0.2) is 8.42 Å². The molecule has 0 unspecified atom stereocenters. The third-order valence-electron chi connectivity index (χ3n) is 4.68. The molecule has 25 heavy (non-hydrogen) atoms. The fourth-order valence-corrected chi connectivity index (χ4v) is 4.06. The molecule has 0 spiro atoms. The molecule has 0 bridgehead atoms. The van der Waals surface area contributed by atoms with Crippen molar-refractivity contribution < 1.29 is 17.9 Å². The molecular formula is C17H25N3O4S. The molecule has 138 valence electrons. The topological polar surface area (TPSA) is 70.2 Å². The molecule has 2 fully saturated rings. The number of benzene rings is 1. The highest BCUT2D eigenvalue weighted by molar-refractivity contribution is 7.88. The number of hydrogen-bond acceptors (Lipinski definition) is 5. The van der Waals surface area contributed by atoms with Crippen LogP contribution in [0.4, 0.5) is 0 Å². The number of piperazine rings is 1. The van der Waals surface area contributed by atoms with E-state index in [9.17, 15) is 13.2 Å². The minimum atomic E-state index is -3.11. The van der Waals surface area contributed by atoms with Crippen LogP contribution in [-0.2, 0) is 21.3 Å². The number of sulfonamides is 1. The van der Waals surface area contributed by atoms with Crippen LogP contribution in [0.25, 0.3) is 0 Å². The molecule has 8 heteroatoms. The molecule has 2 aliphatic heterocycles. The summed E-state index contributed by atoms with van der Waals surface area (Å²) in [5.41, 5.74) is 1.78. The SMILES string of the molecule is CS(=O)(=O)N1CCN(Cc2cccc(C(=O)N3CCOCC3)c2)CC1. The van der Waals surface area contributed by atoms with Crippen LogP contribution >= 0.6 is 0 Å². The highest BCUT2D eigenvalue weighted by atomic mass is 32.2. The van der Waals surface area contributed by atoms with Gasteiger partial charge in [0.1, 0.15) is 0 Å². The van der Waals surface area contributed by atoms with Crippen LogP contribution in [-0.4, -0.2) is 87.2 Å². The van der Waals surface area contributed by atoms with Gasteiger partial charge in [-0.1, -0.05) is 12.1 Å². The van der Waals surface area contributed by atoms with Crippen LogP contribution in [0.15, 0.2) is 24.3 Å². The molecule has 7 nitrogen and oxygen atoms in total. The van der Waals surface area contributed by atoms with E-state index in [4.69, 9.17) is 4.74 Å². The second-order valence-electron chi connectivity index (χ2n) is 6.54. The van der Waals surface area contributed by atoms with Crippen LogP contribution in [0.5, 0.6) is 0 Å². The fourth-order valence-electron chi connectivity index (χ4n) is 3.23. The average Bonchev–Trinajstić information content (AvgIpc) is 2.62. The molecule has 0 saturated carbocycles. The van der Waals surface area contributed by atoms with Gasteiger partial charge in [0.15, 0.2) is 0 Å². The smallest absolute Gasteiger partial charge is 0.254 e. The lowest BCUT2D eigenvalue weighted by molar-refractivity contribution is 0.0303. The molecule has 1 aromatic carbocycles. The quantitative estimate of drug-likeness (QED) is 0.762. The summed E-state index contributed by atoms with van der Waals surface area (Å²) >= 11 is 0. The van der Waals surface area contributed by atoms with E-state index in [0.717, 1.165) is 12.1 Å². The zero-order chi connectivity index (χ0) is 17.9. The van der Waals surface area contributed by atoms with Gasteiger partial charge in [-0.05, 0) is 17.7 Å². The van der Waals surface area contributed by atoms with E-state index >= 15 is 0 Å². The van der Waals surface area contributed by atoms with Gasteiger partial charge in [-0.3, -0.25) is 9.69 Å². The summed E-state index contributed by atoms with van der Waals surface area (Å²) in [6, 6.07) is 7.72. The van der Waals surface area contributed by atoms with Crippen molar-refractivity contribution in [1.82, 2.24) is 14.1 Å². The predicted octanol–water partition coefficient (Wildman–Crippen LogP) is 0.236. The van der Waals surface area contributed by atoms with Gasteiger partial charge in [0.2, 0.25) is 10.0 Å². The maximum absolute atomic E-state index is 12.6. The standard InChI is InChI=1S/C17H25N3O4S/c1-25(22,23)20-7-5-18(6-8-20)14-15-3-2-4-16(13-15)17(21)19-9-11-24-12-10-19/h2-4,13H,5-12,14H2,1H3. The predicted molar refractivity (Wildman–Crippen MR) is 94.9 cm³/mol. The second-order valence-corrected chi connectivity index (χ2v) is 8.53. The summed E-state index contributed by atoms with van der Waals surface area (Å²) in [6.07, 6.45) is 1.25. The number of carbonyl (C=O) groups excluding carboxylic acids is 1. The van der Waals surface area contributed by atoms with E-state index in [1.807, 2.05) is 29.2 Å². The van der Waals surface area contributed by atoms with Crippen molar-refractivity contribution in [3.05, 3.63) is 35.4 Å². The number of hydrogen-bond donors (Lipinski definition) is 0. The maximum Gasteiger partial charge on any atom is 0.254 e. The Morgan fingerprint density at radius 1 is 1.08 bits per heavy atom. The van der Waals surface area contributed by atoms with Crippen LogP contribution in [0.2, 0.25) is 0 Å². The maximum atomic E-state index is 12.6. The molecule has 0 atom stereocenters. The Bertz CT molecular complexity index is 708. The van der Waals surface area contributed by atoms with E-state index < -0.39 is 10.0 Å². The second kappa shape index (κ2) is 7.82. The number of rotatable bonds is 4.